The number of nitrogens with zero attached hydrogens (tertiary/aromatic N) is 1. The summed E-state index contributed by atoms with van der Waals surface area (Å²) in [5, 5.41) is 9.88. The minimum absolute atomic E-state index is 0.0685. The highest BCUT2D eigenvalue weighted by molar-refractivity contribution is 7.46. The van der Waals surface area contributed by atoms with Crippen molar-refractivity contribution in [3.63, 3.8) is 0 Å². The van der Waals surface area contributed by atoms with Crippen LogP contribution in [0.15, 0.2) is 15.8 Å². The monoisotopic (exact) mass is 355 g/mol. The van der Waals surface area contributed by atoms with Gasteiger partial charge in [0.05, 0.1) is 6.93 Å². The van der Waals surface area contributed by atoms with Gasteiger partial charge in [-0.2, -0.15) is 0 Å². The van der Waals surface area contributed by atoms with E-state index >= 15 is 0 Å². The van der Waals surface area contributed by atoms with Crippen molar-refractivity contribution in [2.75, 3.05) is 6.61 Å². The molecule has 0 aliphatic carbocycles. The Morgan fingerprint density at radius 1 is 1.65 bits per heavy atom. The Morgan fingerprint density at radius 3 is 2.87 bits per heavy atom. The van der Waals surface area contributed by atoms with Crippen molar-refractivity contribution in [2.24, 2.45) is 0 Å². The van der Waals surface area contributed by atoms with Crippen LogP contribution in [0.25, 0.3) is 0 Å². The summed E-state index contributed by atoms with van der Waals surface area (Å²) >= 11 is 0. The number of ether oxygens (including phenoxy) is 1. The first kappa shape index (κ1) is 16.2. The number of nitrogens with one attached hydrogen (secondary N) is 1. The largest absolute Gasteiger partial charge is 0.469 e. The van der Waals surface area contributed by atoms with Crippen molar-refractivity contribution < 1.29 is 39.3 Å². The Hall–Kier alpha value is -1.69. The van der Waals surface area contributed by atoms with E-state index in [4.69, 9.17) is 11.2 Å². The van der Waals surface area contributed by atoms with Gasteiger partial charge in [0.15, 0.2) is 12.5 Å². The Balaban J connectivity index is 2.40. The molecule has 1 fully saturated rings. The van der Waals surface area contributed by atoms with Crippen LogP contribution in [0, 0.1) is 0 Å². The van der Waals surface area contributed by atoms with Crippen molar-refractivity contribution in [3.05, 3.63) is 32.6 Å². The van der Waals surface area contributed by atoms with E-state index in [1.165, 1.54) is 0 Å². The molecule has 0 unspecified atom stereocenters. The molecule has 23 heavy (non-hydrogen) atoms. The van der Waals surface area contributed by atoms with E-state index in [0.717, 1.165) is 0 Å². The number of carbonyl (C=O) groups excluding carboxylic acids is 1. The second kappa shape index (κ2) is 6.07. The molecular weight excluding hydrogens is 342 g/mol. The quantitative estimate of drug-likeness (QED) is 0.359. The second-order valence-corrected chi connectivity index (χ2v) is 5.88. The number of phosphoric acid groups is 1. The van der Waals surface area contributed by atoms with Crippen LogP contribution in [-0.2, 0) is 13.8 Å². The lowest BCUT2D eigenvalue weighted by atomic mass is 10.2. The number of H-pyrrole nitrogens is 1. The topological polar surface area (TPSA) is 168 Å². The van der Waals surface area contributed by atoms with Crippen LogP contribution in [0.4, 0.5) is 4.39 Å². The number of aliphatic hydroxyl groups excluding tert-OH is 1. The van der Waals surface area contributed by atoms with Gasteiger partial charge < -0.3 is 19.6 Å². The summed E-state index contributed by atoms with van der Waals surface area (Å²) in [5.74, 6) is -3.00. The summed E-state index contributed by atoms with van der Waals surface area (Å²) in [7, 11) is -5.05. The first-order valence-electron chi connectivity index (χ1n) is 6.49. The Labute approximate surface area is 127 Å². The predicted molar refractivity (Wildman–Crippen MR) is 69.3 cm³/mol. The fourth-order valence-electron chi connectivity index (χ4n) is 1.89. The SMILES string of the molecule is [2H][C@@]1(n2cc(C=O)c(=O)[nH]c2=O)O[C@](F)(COP(=O)(O)O)C[C@H]1O. The van der Waals surface area contributed by atoms with E-state index in [0.29, 0.717) is 6.20 Å². The van der Waals surface area contributed by atoms with E-state index in [-0.39, 0.29) is 10.9 Å². The zero-order valence-electron chi connectivity index (χ0n) is 12.2. The minimum atomic E-state index is -5.05. The number of hydrogen-bond acceptors (Lipinski definition) is 7. The molecule has 4 N–H and O–H groups in total. The first-order valence-corrected chi connectivity index (χ1v) is 7.52. The summed E-state index contributed by atoms with van der Waals surface area (Å²) in [5.41, 5.74) is -2.90. The molecular formula is C10H12FN2O9P. The van der Waals surface area contributed by atoms with Gasteiger partial charge in [-0.15, -0.1) is 0 Å². The standard InChI is InChI=1S/C10H12FN2O9P/c11-10(4-21-23(18,19)20)1-6(15)8(22-10)13-2-5(3-14)7(16)12-9(13)17/h2-3,6,8,15H,1,4H2,(H,12,16,17)(H2,18,19,20)/t6-,8-,10+/m1/s1/i8D. The molecule has 1 aliphatic heterocycles. The highest BCUT2D eigenvalue weighted by atomic mass is 31.2. The predicted octanol–water partition coefficient (Wildman–Crippen LogP) is -1.60. The number of carbonyl (C=O) groups is 1. The molecule has 0 bridgehead atoms. The number of aldehydes is 1. The molecule has 1 aromatic rings. The van der Waals surface area contributed by atoms with E-state index in [1.54, 1.807) is 4.98 Å². The van der Waals surface area contributed by atoms with Crippen LogP contribution in [-0.4, -0.2) is 49.3 Å². The van der Waals surface area contributed by atoms with Crippen LogP contribution in [0.1, 0.15) is 24.4 Å². The van der Waals surface area contributed by atoms with Crippen LogP contribution in [0.3, 0.4) is 0 Å². The molecule has 2 heterocycles. The number of aromatic amines is 1. The van der Waals surface area contributed by atoms with Crippen molar-refractivity contribution in [2.45, 2.75) is 24.6 Å². The van der Waals surface area contributed by atoms with Gasteiger partial charge in [-0.1, -0.05) is 0 Å². The van der Waals surface area contributed by atoms with Gasteiger partial charge in [-0.3, -0.25) is 23.7 Å². The molecule has 0 amide bonds. The summed E-state index contributed by atoms with van der Waals surface area (Å²) in [6, 6.07) is 0. The van der Waals surface area contributed by atoms with Crippen molar-refractivity contribution in [1.29, 1.82) is 0 Å². The van der Waals surface area contributed by atoms with E-state index < -0.39 is 55.8 Å². The normalized spacial score (nSPS) is 31.8. The summed E-state index contributed by atoms with van der Waals surface area (Å²) in [4.78, 5) is 52.7. The summed E-state index contributed by atoms with van der Waals surface area (Å²) in [6.07, 6.45) is -5.07. The number of alkyl halides is 1. The molecule has 0 radical (unpaired) electrons. The number of rotatable bonds is 5. The second-order valence-electron chi connectivity index (χ2n) is 4.64. The molecule has 1 aliphatic rings. The highest BCUT2D eigenvalue weighted by Crippen LogP contribution is 2.42. The van der Waals surface area contributed by atoms with E-state index in [2.05, 4.69) is 9.26 Å². The third kappa shape index (κ3) is 3.99. The van der Waals surface area contributed by atoms with Gasteiger partial charge in [0.25, 0.3) is 5.56 Å². The average Bonchev–Trinajstić information content (AvgIpc) is 2.67. The zero-order chi connectivity index (χ0) is 18.3. The summed E-state index contributed by atoms with van der Waals surface area (Å²) < 4.78 is 41.9. The van der Waals surface area contributed by atoms with E-state index in [1.807, 2.05) is 0 Å². The lowest BCUT2D eigenvalue weighted by Gasteiger charge is -2.21. The van der Waals surface area contributed by atoms with Crippen LogP contribution < -0.4 is 11.2 Å². The Bertz CT molecular complexity index is 821. The molecule has 3 atom stereocenters. The lowest BCUT2D eigenvalue weighted by molar-refractivity contribution is -0.178. The number of hydrogen-bond donors (Lipinski definition) is 4. The molecule has 0 spiro atoms. The molecule has 0 saturated carbocycles. The minimum Gasteiger partial charge on any atom is -0.388 e. The van der Waals surface area contributed by atoms with Crippen LogP contribution in [0.2, 0.25) is 0 Å². The molecule has 1 aromatic heterocycles. The molecule has 11 nitrogen and oxygen atoms in total. The van der Waals surface area contributed by atoms with Gasteiger partial charge in [-0.25, -0.2) is 13.8 Å². The smallest absolute Gasteiger partial charge is 0.388 e. The number of halogens is 1. The fourth-order valence-corrected chi connectivity index (χ4v) is 2.25. The number of phosphoric ester groups is 1. The number of aliphatic hydroxyl groups is 1. The number of aromatic nitrogens is 2. The van der Waals surface area contributed by atoms with Crippen molar-refractivity contribution >= 4 is 14.1 Å². The van der Waals surface area contributed by atoms with Gasteiger partial charge in [0, 0.05) is 12.6 Å². The van der Waals surface area contributed by atoms with Crippen molar-refractivity contribution in [1.82, 2.24) is 9.55 Å². The van der Waals surface area contributed by atoms with Crippen LogP contribution in [0.5, 0.6) is 0 Å². The highest BCUT2D eigenvalue weighted by Gasteiger charge is 2.49. The summed E-state index contributed by atoms with van der Waals surface area (Å²) in [6.45, 7) is -1.33. The fraction of sp³-hybridized carbons (Fsp3) is 0.500. The van der Waals surface area contributed by atoms with Gasteiger partial charge in [0.1, 0.15) is 12.7 Å². The van der Waals surface area contributed by atoms with Gasteiger partial charge >= 0.3 is 13.5 Å². The molecule has 0 aromatic carbocycles. The van der Waals surface area contributed by atoms with Gasteiger partial charge in [0.2, 0.25) is 5.85 Å². The zero-order valence-corrected chi connectivity index (χ0v) is 12.1. The molecule has 13 heteroatoms. The first-order chi connectivity index (χ1) is 10.9. The molecule has 2 rings (SSSR count). The Morgan fingerprint density at radius 2 is 2.30 bits per heavy atom. The third-order valence-electron chi connectivity index (χ3n) is 2.85. The maximum atomic E-state index is 14.4. The van der Waals surface area contributed by atoms with Crippen molar-refractivity contribution in [3.8, 4) is 0 Å². The third-order valence-corrected chi connectivity index (χ3v) is 3.32. The maximum absolute atomic E-state index is 14.4. The van der Waals surface area contributed by atoms with Gasteiger partial charge in [-0.05, 0) is 0 Å². The maximum Gasteiger partial charge on any atom is 0.469 e. The molecule has 1 saturated heterocycles. The Kier molecular flexibility index (Phi) is 4.27. The van der Waals surface area contributed by atoms with E-state index in [9.17, 15) is 28.4 Å². The molecule has 128 valence electrons. The van der Waals surface area contributed by atoms with Crippen LogP contribution >= 0.6 is 7.82 Å². The lowest BCUT2D eigenvalue weighted by Crippen LogP contribution is -2.37. The average molecular weight is 355 g/mol.